The van der Waals surface area contributed by atoms with Gasteiger partial charge in [0.2, 0.25) is 0 Å². The third kappa shape index (κ3) is 4.30. The first-order valence-corrected chi connectivity index (χ1v) is 7.76. The van der Waals surface area contributed by atoms with Gasteiger partial charge < -0.3 is 15.0 Å². The molecule has 2 rings (SSSR count). The van der Waals surface area contributed by atoms with Crippen molar-refractivity contribution in [2.75, 3.05) is 33.4 Å². The Morgan fingerprint density at radius 2 is 2.10 bits per heavy atom. The number of carbonyl (C=O) groups is 1. The second-order valence-electron chi connectivity index (χ2n) is 5.06. The van der Waals surface area contributed by atoms with Crippen molar-refractivity contribution in [2.24, 2.45) is 0 Å². The fourth-order valence-corrected chi connectivity index (χ4v) is 2.89. The number of ether oxygens (including phenoxy) is 1. The maximum absolute atomic E-state index is 12.2. The van der Waals surface area contributed by atoms with Gasteiger partial charge in [-0.2, -0.15) is 0 Å². The average molecular weight is 341 g/mol. The van der Waals surface area contributed by atoms with Crippen LogP contribution in [0.4, 0.5) is 0 Å². The standard InChI is InChI=1S/C15H21BrN2O2/c1-20-11-10-18-8-6-12(7-9-18)17-15(19)13-4-2-3-5-14(13)16/h2-5,12H,6-11H2,1H3,(H,17,19). The number of rotatable bonds is 5. The number of likely N-dealkylation sites (tertiary alicyclic amines) is 1. The van der Waals surface area contributed by atoms with Crippen molar-refractivity contribution >= 4 is 21.8 Å². The maximum Gasteiger partial charge on any atom is 0.252 e. The summed E-state index contributed by atoms with van der Waals surface area (Å²) >= 11 is 3.42. The molecule has 0 radical (unpaired) electrons. The van der Waals surface area contributed by atoms with E-state index in [9.17, 15) is 4.79 Å². The van der Waals surface area contributed by atoms with Gasteiger partial charge in [-0.3, -0.25) is 4.79 Å². The Kier molecular flexibility index (Phi) is 6.01. The Bertz CT molecular complexity index is 445. The molecule has 1 saturated heterocycles. The first kappa shape index (κ1) is 15.5. The number of hydrogen-bond donors (Lipinski definition) is 1. The zero-order valence-corrected chi connectivity index (χ0v) is 13.4. The molecule has 1 N–H and O–H groups in total. The highest BCUT2D eigenvalue weighted by Crippen LogP contribution is 2.17. The van der Waals surface area contributed by atoms with Gasteiger partial charge >= 0.3 is 0 Å². The van der Waals surface area contributed by atoms with Gasteiger partial charge in [0.05, 0.1) is 12.2 Å². The van der Waals surface area contributed by atoms with Gasteiger partial charge in [0.15, 0.2) is 0 Å². The largest absolute Gasteiger partial charge is 0.383 e. The minimum Gasteiger partial charge on any atom is -0.383 e. The summed E-state index contributed by atoms with van der Waals surface area (Å²) in [6.45, 7) is 3.78. The van der Waals surface area contributed by atoms with Gasteiger partial charge in [-0.1, -0.05) is 12.1 Å². The molecule has 110 valence electrons. The van der Waals surface area contributed by atoms with E-state index in [1.165, 1.54) is 0 Å². The Labute approximate surface area is 128 Å². The normalized spacial score (nSPS) is 17.1. The monoisotopic (exact) mass is 340 g/mol. The third-order valence-electron chi connectivity index (χ3n) is 3.65. The van der Waals surface area contributed by atoms with E-state index >= 15 is 0 Å². The molecule has 20 heavy (non-hydrogen) atoms. The first-order chi connectivity index (χ1) is 9.70. The number of benzene rings is 1. The molecule has 1 aliphatic heterocycles. The summed E-state index contributed by atoms with van der Waals surface area (Å²) in [5.41, 5.74) is 0.703. The number of hydrogen-bond acceptors (Lipinski definition) is 3. The molecule has 0 atom stereocenters. The molecule has 0 saturated carbocycles. The summed E-state index contributed by atoms with van der Waals surface area (Å²) < 4.78 is 5.93. The van der Waals surface area contributed by atoms with Gasteiger partial charge in [0.1, 0.15) is 0 Å². The molecule has 4 nitrogen and oxygen atoms in total. The van der Waals surface area contributed by atoms with Gasteiger partial charge in [0.25, 0.3) is 5.91 Å². The molecule has 0 aliphatic carbocycles. The summed E-state index contributed by atoms with van der Waals surface area (Å²) in [4.78, 5) is 14.6. The zero-order chi connectivity index (χ0) is 14.4. The van der Waals surface area contributed by atoms with E-state index in [4.69, 9.17) is 4.74 Å². The van der Waals surface area contributed by atoms with Crippen LogP contribution < -0.4 is 5.32 Å². The van der Waals surface area contributed by atoms with Gasteiger partial charge in [0, 0.05) is 37.3 Å². The molecule has 1 fully saturated rings. The Morgan fingerprint density at radius 1 is 1.40 bits per heavy atom. The van der Waals surface area contributed by atoms with Crippen LogP contribution >= 0.6 is 15.9 Å². The Morgan fingerprint density at radius 3 is 2.75 bits per heavy atom. The fraction of sp³-hybridized carbons (Fsp3) is 0.533. The molecule has 1 aromatic carbocycles. The van der Waals surface area contributed by atoms with E-state index in [1.54, 1.807) is 7.11 Å². The van der Waals surface area contributed by atoms with E-state index < -0.39 is 0 Å². The molecular formula is C15H21BrN2O2. The minimum absolute atomic E-state index is 0.00724. The average Bonchev–Trinajstić information content (AvgIpc) is 2.47. The van der Waals surface area contributed by atoms with Crippen molar-refractivity contribution < 1.29 is 9.53 Å². The summed E-state index contributed by atoms with van der Waals surface area (Å²) in [5, 5.41) is 3.13. The first-order valence-electron chi connectivity index (χ1n) is 6.97. The quantitative estimate of drug-likeness (QED) is 0.894. The predicted molar refractivity (Wildman–Crippen MR) is 82.9 cm³/mol. The zero-order valence-electron chi connectivity index (χ0n) is 11.8. The van der Waals surface area contributed by atoms with Crippen LogP contribution in [-0.4, -0.2) is 50.2 Å². The summed E-state index contributed by atoms with van der Waals surface area (Å²) in [6.07, 6.45) is 2.00. The number of methoxy groups -OCH3 is 1. The van der Waals surface area contributed by atoms with E-state index in [0.29, 0.717) is 5.56 Å². The lowest BCUT2D eigenvalue weighted by Gasteiger charge is -2.32. The van der Waals surface area contributed by atoms with Gasteiger partial charge in [-0.05, 0) is 40.9 Å². The van der Waals surface area contributed by atoms with Crippen LogP contribution in [0.5, 0.6) is 0 Å². The van der Waals surface area contributed by atoms with Crippen molar-refractivity contribution in [3.8, 4) is 0 Å². The van der Waals surface area contributed by atoms with Crippen LogP contribution in [-0.2, 0) is 4.74 Å². The second-order valence-corrected chi connectivity index (χ2v) is 5.92. The summed E-state index contributed by atoms with van der Waals surface area (Å²) in [7, 11) is 1.73. The van der Waals surface area contributed by atoms with E-state index in [-0.39, 0.29) is 11.9 Å². The van der Waals surface area contributed by atoms with Crippen molar-refractivity contribution in [2.45, 2.75) is 18.9 Å². The topological polar surface area (TPSA) is 41.6 Å². The second kappa shape index (κ2) is 7.76. The highest BCUT2D eigenvalue weighted by atomic mass is 79.9. The summed E-state index contributed by atoms with van der Waals surface area (Å²) in [5.74, 6) is 0.00724. The van der Waals surface area contributed by atoms with E-state index in [1.807, 2.05) is 24.3 Å². The van der Waals surface area contributed by atoms with Crippen molar-refractivity contribution in [1.29, 1.82) is 0 Å². The van der Waals surface area contributed by atoms with E-state index in [2.05, 4.69) is 26.1 Å². The molecule has 1 aliphatic rings. The Balaban J connectivity index is 1.81. The van der Waals surface area contributed by atoms with Crippen LogP contribution in [0.3, 0.4) is 0 Å². The third-order valence-corrected chi connectivity index (χ3v) is 4.34. The minimum atomic E-state index is 0.00724. The highest BCUT2D eigenvalue weighted by molar-refractivity contribution is 9.10. The molecule has 0 aromatic heterocycles. The fourth-order valence-electron chi connectivity index (χ4n) is 2.43. The van der Waals surface area contributed by atoms with Crippen molar-refractivity contribution in [3.05, 3.63) is 34.3 Å². The molecule has 5 heteroatoms. The molecule has 1 aromatic rings. The molecule has 0 bridgehead atoms. The summed E-state index contributed by atoms with van der Waals surface area (Å²) in [6, 6.07) is 7.80. The van der Waals surface area contributed by atoms with Crippen molar-refractivity contribution in [3.63, 3.8) is 0 Å². The van der Waals surface area contributed by atoms with Crippen LogP contribution in [0.2, 0.25) is 0 Å². The number of halogens is 1. The molecule has 0 unspecified atom stereocenters. The number of carbonyl (C=O) groups excluding carboxylic acids is 1. The molecule has 0 spiro atoms. The predicted octanol–water partition coefficient (Wildman–Crippen LogP) is 2.29. The van der Waals surface area contributed by atoms with Crippen LogP contribution in [0.1, 0.15) is 23.2 Å². The number of piperidine rings is 1. The number of nitrogens with zero attached hydrogens (tertiary/aromatic N) is 1. The van der Waals surface area contributed by atoms with Gasteiger partial charge in [-0.15, -0.1) is 0 Å². The number of nitrogens with one attached hydrogen (secondary N) is 1. The van der Waals surface area contributed by atoms with Crippen molar-refractivity contribution in [1.82, 2.24) is 10.2 Å². The Hall–Kier alpha value is -0.910. The van der Waals surface area contributed by atoms with Crippen LogP contribution in [0.25, 0.3) is 0 Å². The molecule has 1 amide bonds. The lowest BCUT2D eigenvalue weighted by molar-refractivity contribution is 0.0892. The lowest BCUT2D eigenvalue weighted by Crippen LogP contribution is -2.45. The molecule has 1 heterocycles. The van der Waals surface area contributed by atoms with Gasteiger partial charge in [-0.25, -0.2) is 0 Å². The maximum atomic E-state index is 12.2. The molecular weight excluding hydrogens is 320 g/mol. The van der Waals surface area contributed by atoms with Crippen LogP contribution in [0.15, 0.2) is 28.7 Å². The number of amides is 1. The van der Waals surface area contributed by atoms with Crippen LogP contribution in [0, 0.1) is 0 Å². The lowest BCUT2D eigenvalue weighted by atomic mass is 10.0. The van der Waals surface area contributed by atoms with E-state index in [0.717, 1.165) is 43.6 Å². The highest BCUT2D eigenvalue weighted by Gasteiger charge is 2.21. The smallest absolute Gasteiger partial charge is 0.252 e. The SMILES string of the molecule is COCCN1CCC(NC(=O)c2ccccc2Br)CC1.